The average Bonchev–Trinajstić information content (AvgIpc) is 2.96. The van der Waals surface area contributed by atoms with Gasteiger partial charge in [-0.2, -0.15) is 18.3 Å². The number of nitrogens with zero attached hydrogens (tertiary/aromatic N) is 3. The van der Waals surface area contributed by atoms with E-state index in [0.717, 1.165) is 18.2 Å². The first-order valence-corrected chi connectivity index (χ1v) is 8.46. The van der Waals surface area contributed by atoms with Crippen molar-refractivity contribution in [2.45, 2.75) is 13.1 Å². The lowest BCUT2D eigenvalue weighted by Gasteiger charge is -2.10. The summed E-state index contributed by atoms with van der Waals surface area (Å²) in [5, 5.41) is 13.5. The molecule has 0 radical (unpaired) electrons. The Balaban J connectivity index is 1.95. The van der Waals surface area contributed by atoms with Gasteiger partial charge in [0.05, 0.1) is 28.0 Å². The average molecular weight is 423 g/mol. The van der Waals surface area contributed by atoms with E-state index in [-0.39, 0.29) is 28.0 Å². The van der Waals surface area contributed by atoms with Gasteiger partial charge >= 0.3 is 6.18 Å². The fourth-order valence-electron chi connectivity index (χ4n) is 3.24. The van der Waals surface area contributed by atoms with Crippen molar-refractivity contribution in [1.29, 1.82) is 0 Å². The van der Waals surface area contributed by atoms with Crippen LogP contribution in [0.5, 0.6) is 5.75 Å². The second kappa shape index (κ2) is 6.75. The molecule has 0 aliphatic carbocycles. The lowest BCUT2D eigenvalue weighted by Crippen LogP contribution is -2.08. The van der Waals surface area contributed by atoms with Crippen LogP contribution in [-0.4, -0.2) is 19.7 Å². The number of aryl methyl sites for hydroxylation is 1. The van der Waals surface area contributed by atoms with Crippen LogP contribution in [0.2, 0.25) is 0 Å². The summed E-state index contributed by atoms with van der Waals surface area (Å²) in [4.78, 5) is 4.02. The van der Waals surface area contributed by atoms with Gasteiger partial charge in [0.2, 0.25) is 0 Å². The largest absolute Gasteiger partial charge is 0.508 e. The van der Waals surface area contributed by atoms with Crippen LogP contribution in [0.25, 0.3) is 27.9 Å². The van der Waals surface area contributed by atoms with E-state index in [4.69, 9.17) is 0 Å². The van der Waals surface area contributed by atoms with Crippen LogP contribution >= 0.6 is 0 Å². The van der Waals surface area contributed by atoms with Gasteiger partial charge in [-0.05, 0) is 31.2 Å². The Morgan fingerprint density at radius 3 is 2.20 bits per heavy atom. The first-order chi connectivity index (χ1) is 14.1. The molecule has 4 rings (SSSR count). The molecule has 0 aliphatic rings. The predicted molar refractivity (Wildman–Crippen MR) is 95.1 cm³/mol. The standard InChI is InChI=1S/C20H11F6N3O/c1-9-18(19-14(22)5-11(30)6-15(19)23)17-7-16(27-8-29(17)28-9)10-2-3-13(21)12(4-10)20(24,25)26/h2-8,30H,1H3. The number of benzene rings is 2. The van der Waals surface area contributed by atoms with Crippen molar-refractivity contribution in [1.82, 2.24) is 14.6 Å². The highest BCUT2D eigenvalue weighted by Crippen LogP contribution is 2.37. The molecular weight excluding hydrogens is 412 g/mol. The summed E-state index contributed by atoms with van der Waals surface area (Å²) in [6, 6.07) is 5.17. The number of rotatable bonds is 2. The highest BCUT2D eigenvalue weighted by Gasteiger charge is 2.34. The lowest BCUT2D eigenvalue weighted by molar-refractivity contribution is -0.139. The van der Waals surface area contributed by atoms with Crippen LogP contribution in [0.3, 0.4) is 0 Å². The Bertz CT molecular complexity index is 1270. The third-order valence-corrected chi connectivity index (χ3v) is 4.55. The van der Waals surface area contributed by atoms with Crippen molar-refractivity contribution in [3.05, 3.63) is 71.4 Å². The Hall–Kier alpha value is -3.56. The van der Waals surface area contributed by atoms with Crippen molar-refractivity contribution in [3.63, 3.8) is 0 Å². The molecule has 4 aromatic rings. The highest BCUT2D eigenvalue weighted by atomic mass is 19.4. The van der Waals surface area contributed by atoms with Gasteiger partial charge in [-0.1, -0.05) is 0 Å². The van der Waals surface area contributed by atoms with Gasteiger partial charge in [-0.3, -0.25) is 0 Å². The molecular formula is C20H11F6N3O. The zero-order valence-electron chi connectivity index (χ0n) is 15.1. The number of alkyl halides is 3. The second-order valence-electron chi connectivity index (χ2n) is 6.54. The molecule has 4 nitrogen and oxygen atoms in total. The summed E-state index contributed by atoms with van der Waals surface area (Å²) < 4.78 is 82.7. The van der Waals surface area contributed by atoms with E-state index >= 15 is 0 Å². The summed E-state index contributed by atoms with van der Waals surface area (Å²) in [5.41, 5.74) is -1.48. The Labute approximate surface area is 165 Å². The topological polar surface area (TPSA) is 50.4 Å². The molecule has 0 spiro atoms. The van der Waals surface area contributed by atoms with Gasteiger partial charge < -0.3 is 5.11 Å². The molecule has 10 heteroatoms. The van der Waals surface area contributed by atoms with Crippen LogP contribution in [0.4, 0.5) is 26.3 Å². The van der Waals surface area contributed by atoms with E-state index in [1.165, 1.54) is 23.8 Å². The molecule has 154 valence electrons. The minimum Gasteiger partial charge on any atom is -0.508 e. The fourth-order valence-corrected chi connectivity index (χ4v) is 3.24. The summed E-state index contributed by atoms with van der Waals surface area (Å²) >= 11 is 0. The molecule has 2 aromatic carbocycles. The molecule has 0 amide bonds. The zero-order valence-corrected chi connectivity index (χ0v) is 15.1. The Morgan fingerprint density at radius 2 is 1.57 bits per heavy atom. The fraction of sp³-hybridized carbons (Fsp3) is 0.100. The molecule has 1 N–H and O–H groups in total. The third kappa shape index (κ3) is 3.23. The molecule has 0 unspecified atom stereocenters. The smallest absolute Gasteiger partial charge is 0.419 e. The maximum Gasteiger partial charge on any atom is 0.419 e. The van der Waals surface area contributed by atoms with Crippen molar-refractivity contribution in [3.8, 4) is 28.1 Å². The van der Waals surface area contributed by atoms with Crippen molar-refractivity contribution in [2.75, 3.05) is 0 Å². The number of phenolic OH excluding ortho intramolecular Hbond substituents is 1. The van der Waals surface area contributed by atoms with E-state index in [0.29, 0.717) is 12.1 Å². The minimum atomic E-state index is -4.90. The van der Waals surface area contributed by atoms with Crippen molar-refractivity contribution in [2.24, 2.45) is 0 Å². The summed E-state index contributed by atoms with van der Waals surface area (Å²) in [5.74, 6) is -4.10. The van der Waals surface area contributed by atoms with Crippen LogP contribution in [0, 0.1) is 24.4 Å². The number of halogens is 6. The molecule has 2 aromatic heterocycles. The predicted octanol–water partition coefficient (Wildman–Crippen LogP) is 5.51. The molecule has 2 heterocycles. The number of fused-ring (bicyclic) bond motifs is 1. The van der Waals surface area contributed by atoms with Crippen LogP contribution in [0.15, 0.2) is 42.7 Å². The van der Waals surface area contributed by atoms with E-state index in [1.54, 1.807) is 0 Å². The lowest BCUT2D eigenvalue weighted by atomic mass is 10.0. The number of phenols is 1. The van der Waals surface area contributed by atoms with Gasteiger partial charge in [-0.15, -0.1) is 0 Å². The van der Waals surface area contributed by atoms with E-state index in [2.05, 4.69) is 10.1 Å². The maximum absolute atomic E-state index is 14.4. The molecule has 0 saturated carbocycles. The van der Waals surface area contributed by atoms with Crippen LogP contribution in [0.1, 0.15) is 11.3 Å². The number of aromatic hydroxyl groups is 1. The molecule has 0 saturated heterocycles. The van der Waals surface area contributed by atoms with E-state index in [1.807, 2.05) is 0 Å². The normalized spacial score (nSPS) is 12.0. The van der Waals surface area contributed by atoms with Gasteiger partial charge in [0.15, 0.2) is 0 Å². The van der Waals surface area contributed by atoms with Gasteiger partial charge in [0.1, 0.15) is 29.5 Å². The molecule has 0 aliphatic heterocycles. The quantitative estimate of drug-likeness (QED) is 0.433. The molecule has 30 heavy (non-hydrogen) atoms. The zero-order chi connectivity index (χ0) is 21.8. The first-order valence-electron chi connectivity index (χ1n) is 8.46. The second-order valence-corrected chi connectivity index (χ2v) is 6.54. The number of aromatic nitrogens is 3. The minimum absolute atomic E-state index is 0.0220. The van der Waals surface area contributed by atoms with Crippen LogP contribution < -0.4 is 0 Å². The molecule has 0 fully saturated rings. The Morgan fingerprint density at radius 1 is 0.900 bits per heavy atom. The summed E-state index contributed by atoms with van der Waals surface area (Å²) in [6.07, 6.45) is -3.73. The molecule has 0 bridgehead atoms. The van der Waals surface area contributed by atoms with Crippen LogP contribution in [-0.2, 0) is 6.18 Å². The van der Waals surface area contributed by atoms with Gasteiger partial charge in [0.25, 0.3) is 0 Å². The summed E-state index contributed by atoms with van der Waals surface area (Å²) in [7, 11) is 0. The maximum atomic E-state index is 14.4. The van der Waals surface area contributed by atoms with Gasteiger partial charge in [0, 0.05) is 23.3 Å². The summed E-state index contributed by atoms with van der Waals surface area (Å²) in [6.45, 7) is 1.49. The van der Waals surface area contributed by atoms with E-state index < -0.39 is 40.5 Å². The first kappa shape index (κ1) is 19.7. The Kier molecular flexibility index (Phi) is 4.44. The highest BCUT2D eigenvalue weighted by molar-refractivity contribution is 5.85. The number of hydrogen-bond donors (Lipinski definition) is 1. The molecule has 0 atom stereocenters. The SMILES string of the molecule is Cc1nn2cnc(-c3ccc(F)c(C(F)(F)F)c3)cc2c1-c1c(F)cc(O)cc1F. The van der Waals surface area contributed by atoms with Crippen molar-refractivity contribution < 1.29 is 31.4 Å². The monoisotopic (exact) mass is 423 g/mol. The van der Waals surface area contributed by atoms with Crippen molar-refractivity contribution >= 4 is 5.52 Å². The number of hydrogen-bond acceptors (Lipinski definition) is 3. The van der Waals surface area contributed by atoms with E-state index in [9.17, 15) is 31.4 Å². The van der Waals surface area contributed by atoms with Gasteiger partial charge in [-0.25, -0.2) is 22.7 Å². The third-order valence-electron chi connectivity index (χ3n) is 4.55.